The maximum absolute atomic E-state index is 12.0. The van der Waals surface area contributed by atoms with Gasteiger partial charge >= 0.3 is 5.97 Å². The van der Waals surface area contributed by atoms with E-state index in [-0.39, 0.29) is 11.7 Å². The molecule has 1 unspecified atom stereocenters. The van der Waals surface area contributed by atoms with Crippen LogP contribution >= 0.6 is 0 Å². The number of carbonyl (C=O) groups excluding carboxylic acids is 1. The highest BCUT2D eigenvalue weighted by Gasteiger charge is 2.61. The van der Waals surface area contributed by atoms with Gasteiger partial charge in [-0.2, -0.15) is 0 Å². The minimum atomic E-state index is -3.16. The number of carbonyl (C=O) groups is 1. The Bertz CT molecular complexity index is 431. The van der Waals surface area contributed by atoms with Crippen molar-refractivity contribution in [2.45, 2.75) is 37.5 Å². The zero-order valence-electron chi connectivity index (χ0n) is 10.4. The molecule has 0 bridgehead atoms. The summed E-state index contributed by atoms with van der Waals surface area (Å²) in [5.41, 5.74) is -0.568. The highest BCUT2D eigenvalue weighted by molar-refractivity contribution is 7.93. The molecule has 98 valence electrons. The third kappa shape index (κ3) is 1.97. The number of nitrogens with one attached hydrogen (secondary N) is 1. The van der Waals surface area contributed by atoms with Crippen LogP contribution in [0, 0.1) is 5.92 Å². The van der Waals surface area contributed by atoms with Crippen molar-refractivity contribution in [2.75, 3.05) is 18.8 Å². The predicted molar refractivity (Wildman–Crippen MR) is 63.3 cm³/mol. The molecule has 2 saturated heterocycles. The third-order valence-corrected chi connectivity index (χ3v) is 6.05. The molecule has 2 aliphatic rings. The Kier molecular flexibility index (Phi) is 2.78. The number of esters is 1. The highest BCUT2D eigenvalue weighted by Crippen LogP contribution is 2.41. The second kappa shape index (κ2) is 3.68. The van der Waals surface area contributed by atoms with Gasteiger partial charge in [-0.25, -0.2) is 8.42 Å². The van der Waals surface area contributed by atoms with Crippen LogP contribution in [0.5, 0.6) is 0 Å². The van der Waals surface area contributed by atoms with E-state index in [1.807, 2.05) is 0 Å². The van der Waals surface area contributed by atoms with Crippen LogP contribution in [0.3, 0.4) is 0 Å². The van der Waals surface area contributed by atoms with Crippen molar-refractivity contribution in [3.63, 3.8) is 0 Å². The van der Waals surface area contributed by atoms with E-state index in [9.17, 15) is 13.2 Å². The van der Waals surface area contributed by atoms with Gasteiger partial charge in [0, 0.05) is 13.1 Å². The first-order valence-corrected chi connectivity index (χ1v) is 7.49. The maximum Gasteiger partial charge on any atom is 0.311 e. The zero-order valence-corrected chi connectivity index (χ0v) is 11.3. The predicted octanol–water partition coefficient (Wildman–Crippen LogP) is 0.105. The van der Waals surface area contributed by atoms with E-state index >= 15 is 0 Å². The lowest BCUT2D eigenvalue weighted by atomic mass is 9.85. The van der Waals surface area contributed by atoms with Crippen molar-refractivity contribution in [2.24, 2.45) is 5.92 Å². The lowest BCUT2D eigenvalue weighted by molar-refractivity contribution is -0.161. The number of rotatable bonds is 1. The number of sulfone groups is 1. The van der Waals surface area contributed by atoms with Gasteiger partial charge in [-0.3, -0.25) is 4.79 Å². The molecule has 0 aliphatic carbocycles. The number of ether oxygens (including phenoxy) is 1. The molecule has 5 nitrogen and oxygen atoms in total. The van der Waals surface area contributed by atoms with E-state index in [2.05, 4.69) is 5.32 Å². The van der Waals surface area contributed by atoms with Crippen LogP contribution in [0.1, 0.15) is 27.2 Å². The third-order valence-electron chi connectivity index (χ3n) is 3.47. The van der Waals surface area contributed by atoms with Gasteiger partial charge < -0.3 is 10.1 Å². The Morgan fingerprint density at radius 2 is 1.94 bits per heavy atom. The summed E-state index contributed by atoms with van der Waals surface area (Å²) in [6.07, 6.45) is 0.388. The number of hydrogen-bond donors (Lipinski definition) is 1. The first-order valence-electron chi connectivity index (χ1n) is 5.84. The van der Waals surface area contributed by atoms with E-state index in [0.717, 1.165) is 0 Å². The van der Waals surface area contributed by atoms with Crippen LogP contribution in [0.4, 0.5) is 0 Å². The minimum absolute atomic E-state index is 0.0958. The molecule has 0 radical (unpaired) electrons. The van der Waals surface area contributed by atoms with Crippen LogP contribution in [0.15, 0.2) is 0 Å². The summed E-state index contributed by atoms with van der Waals surface area (Å²) in [7, 11) is -3.16. The van der Waals surface area contributed by atoms with E-state index in [0.29, 0.717) is 19.5 Å². The summed E-state index contributed by atoms with van der Waals surface area (Å²) < 4.78 is 28.4. The van der Waals surface area contributed by atoms with Crippen LogP contribution < -0.4 is 5.32 Å². The fraction of sp³-hybridized carbons (Fsp3) is 0.909. The molecule has 0 amide bonds. The molecule has 2 rings (SSSR count). The average Bonchev–Trinajstić information content (AvgIpc) is 2.32. The summed E-state index contributed by atoms with van der Waals surface area (Å²) in [4.78, 5) is 12.0. The van der Waals surface area contributed by atoms with Crippen molar-refractivity contribution in [1.29, 1.82) is 0 Å². The Morgan fingerprint density at radius 1 is 1.35 bits per heavy atom. The lowest BCUT2D eigenvalue weighted by Gasteiger charge is -2.41. The van der Waals surface area contributed by atoms with E-state index in [1.54, 1.807) is 20.8 Å². The Morgan fingerprint density at radius 3 is 2.35 bits per heavy atom. The van der Waals surface area contributed by atoms with Gasteiger partial charge in [0.1, 0.15) is 10.3 Å². The SMILES string of the molecule is CC(C)(C)OC(=O)C1CCS(=O)(=O)C12CNC2. The van der Waals surface area contributed by atoms with Gasteiger partial charge in [0.2, 0.25) is 0 Å². The largest absolute Gasteiger partial charge is 0.460 e. The molecule has 1 N–H and O–H groups in total. The van der Waals surface area contributed by atoms with E-state index < -0.39 is 26.1 Å². The second-order valence-corrected chi connectivity index (χ2v) is 8.31. The van der Waals surface area contributed by atoms with Crippen LogP contribution in [0.25, 0.3) is 0 Å². The quantitative estimate of drug-likeness (QED) is 0.678. The Balaban J connectivity index is 2.21. The molecule has 1 spiro atoms. The Labute approximate surface area is 102 Å². The van der Waals surface area contributed by atoms with Crippen molar-refractivity contribution < 1.29 is 17.9 Å². The molecule has 2 heterocycles. The molecule has 6 heteroatoms. The van der Waals surface area contributed by atoms with Crippen molar-refractivity contribution in [1.82, 2.24) is 5.32 Å². The molecule has 2 aliphatic heterocycles. The Hall–Kier alpha value is -0.620. The fourth-order valence-electron chi connectivity index (χ4n) is 2.50. The lowest BCUT2D eigenvalue weighted by Crippen LogP contribution is -2.66. The van der Waals surface area contributed by atoms with E-state index in [1.165, 1.54) is 0 Å². The maximum atomic E-state index is 12.0. The summed E-state index contributed by atoms with van der Waals surface area (Å²) in [5, 5.41) is 2.96. The van der Waals surface area contributed by atoms with Crippen LogP contribution in [-0.4, -0.2) is 43.6 Å². The molecule has 0 aromatic carbocycles. The molecule has 0 aromatic rings. The summed E-state index contributed by atoms with van der Waals surface area (Å²) in [6, 6.07) is 0. The number of hydrogen-bond acceptors (Lipinski definition) is 5. The fourth-order valence-corrected chi connectivity index (χ4v) is 4.74. The summed E-state index contributed by atoms with van der Waals surface area (Å²) >= 11 is 0. The summed E-state index contributed by atoms with van der Waals surface area (Å²) in [5.74, 6) is -0.786. The van der Waals surface area contributed by atoms with Crippen molar-refractivity contribution >= 4 is 15.8 Å². The van der Waals surface area contributed by atoms with Crippen LogP contribution in [0.2, 0.25) is 0 Å². The molecule has 2 fully saturated rings. The minimum Gasteiger partial charge on any atom is -0.460 e. The first-order chi connectivity index (χ1) is 7.68. The molecular weight excluding hydrogens is 242 g/mol. The first kappa shape index (κ1) is 12.8. The van der Waals surface area contributed by atoms with Gasteiger partial charge in [0.15, 0.2) is 9.84 Å². The molecule has 1 atom stereocenters. The zero-order chi connectivity index (χ0) is 12.9. The molecule has 0 aromatic heterocycles. The van der Waals surface area contributed by atoms with Crippen molar-refractivity contribution in [3.05, 3.63) is 0 Å². The van der Waals surface area contributed by atoms with E-state index in [4.69, 9.17) is 4.74 Å². The monoisotopic (exact) mass is 261 g/mol. The average molecular weight is 261 g/mol. The van der Waals surface area contributed by atoms with Crippen LogP contribution in [-0.2, 0) is 19.4 Å². The van der Waals surface area contributed by atoms with Gasteiger partial charge in [0.05, 0.1) is 11.7 Å². The standard InChI is InChI=1S/C11H19NO4S/c1-10(2,3)16-9(13)8-4-5-17(14,15)11(8)6-12-7-11/h8,12H,4-7H2,1-3H3. The topological polar surface area (TPSA) is 72.5 Å². The molecule has 0 saturated carbocycles. The van der Waals surface area contributed by atoms with Gasteiger partial charge in [0.25, 0.3) is 0 Å². The second-order valence-electron chi connectivity index (χ2n) is 5.86. The van der Waals surface area contributed by atoms with Gasteiger partial charge in [-0.15, -0.1) is 0 Å². The normalized spacial score (nSPS) is 29.9. The molecular formula is C11H19NO4S. The van der Waals surface area contributed by atoms with Gasteiger partial charge in [-0.05, 0) is 27.2 Å². The molecule has 17 heavy (non-hydrogen) atoms. The highest BCUT2D eigenvalue weighted by atomic mass is 32.2. The summed E-state index contributed by atoms with van der Waals surface area (Å²) in [6.45, 7) is 6.12. The van der Waals surface area contributed by atoms with Crippen molar-refractivity contribution in [3.8, 4) is 0 Å². The smallest absolute Gasteiger partial charge is 0.311 e. The van der Waals surface area contributed by atoms with Gasteiger partial charge in [-0.1, -0.05) is 0 Å².